The molecule has 0 saturated heterocycles. The zero-order valence-electron chi connectivity index (χ0n) is 4.65. The average molecular weight is 112 g/mol. The molecule has 0 amide bonds. The Bertz CT molecular complexity index is 82.4. The van der Waals surface area contributed by atoms with E-state index in [-0.39, 0.29) is 0 Å². The summed E-state index contributed by atoms with van der Waals surface area (Å²) in [5, 5.41) is 14.1. The fourth-order valence-corrected chi connectivity index (χ4v) is 0.253. The molecule has 0 aromatic carbocycles. The molecular formula is C5H8N2O. The molecule has 44 valence electrons. The molecule has 1 N–H and O–H groups in total. The maximum atomic E-state index is 7.00. The SMILES string of the molecule is CO.c1ccnnc1. The van der Waals surface area contributed by atoms with Gasteiger partial charge in [-0.1, -0.05) is 0 Å². The summed E-state index contributed by atoms with van der Waals surface area (Å²) in [4.78, 5) is 0. The van der Waals surface area contributed by atoms with E-state index in [2.05, 4.69) is 10.2 Å². The minimum absolute atomic E-state index is 1.00. The molecule has 1 aromatic rings. The number of aromatic nitrogens is 2. The second-order valence-electron chi connectivity index (χ2n) is 0.914. The fraction of sp³-hybridized carbons (Fsp3) is 0.200. The van der Waals surface area contributed by atoms with Crippen LogP contribution in [0.4, 0.5) is 0 Å². The van der Waals surface area contributed by atoms with Gasteiger partial charge in [0, 0.05) is 19.5 Å². The van der Waals surface area contributed by atoms with E-state index in [4.69, 9.17) is 5.11 Å². The Morgan fingerprint density at radius 3 is 1.50 bits per heavy atom. The van der Waals surface area contributed by atoms with Crippen LogP contribution in [0.1, 0.15) is 0 Å². The van der Waals surface area contributed by atoms with Crippen molar-refractivity contribution in [2.24, 2.45) is 0 Å². The summed E-state index contributed by atoms with van der Waals surface area (Å²) in [7, 11) is 1.00. The van der Waals surface area contributed by atoms with Gasteiger partial charge in [-0.05, 0) is 12.1 Å². The lowest BCUT2D eigenvalue weighted by atomic mass is 10.6. The molecule has 0 saturated carbocycles. The van der Waals surface area contributed by atoms with Gasteiger partial charge >= 0.3 is 0 Å². The van der Waals surface area contributed by atoms with Crippen LogP contribution in [0.5, 0.6) is 0 Å². The smallest absolute Gasteiger partial charge is 0.0496 e. The third kappa shape index (κ3) is 3.24. The Kier molecular flexibility index (Phi) is 5.32. The van der Waals surface area contributed by atoms with Gasteiger partial charge in [-0.15, -0.1) is 0 Å². The molecule has 8 heavy (non-hydrogen) atoms. The van der Waals surface area contributed by atoms with Crippen molar-refractivity contribution < 1.29 is 5.11 Å². The first-order chi connectivity index (χ1) is 4.00. The predicted octanol–water partition coefficient (Wildman–Crippen LogP) is 0.0851. The number of aliphatic hydroxyl groups excluding tert-OH is 1. The summed E-state index contributed by atoms with van der Waals surface area (Å²) in [5.41, 5.74) is 0. The van der Waals surface area contributed by atoms with Gasteiger partial charge in [-0.25, -0.2) is 0 Å². The van der Waals surface area contributed by atoms with Gasteiger partial charge in [-0.3, -0.25) is 0 Å². The molecule has 1 rings (SSSR count). The lowest BCUT2D eigenvalue weighted by Crippen LogP contribution is -1.69. The first kappa shape index (κ1) is 7.04. The molecule has 0 spiro atoms. The highest BCUT2D eigenvalue weighted by atomic mass is 16.2. The fourth-order valence-electron chi connectivity index (χ4n) is 0.253. The van der Waals surface area contributed by atoms with E-state index in [0.717, 1.165) is 7.11 Å². The molecule has 0 unspecified atom stereocenters. The van der Waals surface area contributed by atoms with Crippen LogP contribution >= 0.6 is 0 Å². The lowest BCUT2D eigenvalue weighted by molar-refractivity contribution is 0.399. The van der Waals surface area contributed by atoms with Gasteiger partial charge in [0.2, 0.25) is 0 Å². The highest BCUT2D eigenvalue weighted by Gasteiger charge is 1.59. The topological polar surface area (TPSA) is 46.0 Å². The van der Waals surface area contributed by atoms with Crippen LogP contribution in [-0.4, -0.2) is 22.4 Å². The van der Waals surface area contributed by atoms with Crippen molar-refractivity contribution in [2.45, 2.75) is 0 Å². The quantitative estimate of drug-likeness (QED) is 0.517. The third-order valence-corrected chi connectivity index (χ3v) is 0.483. The van der Waals surface area contributed by atoms with E-state index >= 15 is 0 Å². The van der Waals surface area contributed by atoms with Gasteiger partial charge in [0.05, 0.1) is 0 Å². The Morgan fingerprint density at radius 2 is 1.38 bits per heavy atom. The minimum atomic E-state index is 1.00. The molecule has 0 aliphatic rings. The van der Waals surface area contributed by atoms with Crippen molar-refractivity contribution in [3.8, 4) is 0 Å². The molecule has 0 atom stereocenters. The highest BCUT2D eigenvalue weighted by molar-refractivity contribution is 4.79. The molecule has 0 aliphatic carbocycles. The molecule has 0 fully saturated rings. The maximum absolute atomic E-state index is 7.00. The van der Waals surface area contributed by atoms with Crippen LogP contribution in [-0.2, 0) is 0 Å². The third-order valence-electron chi connectivity index (χ3n) is 0.483. The molecule has 1 aromatic heterocycles. The number of rotatable bonds is 0. The Balaban J connectivity index is 0.000000222. The van der Waals surface area contributed by atoms with E-state index in [1.54, 1.807) is 12.4 Å². The standard InChI is InChI=1S/C4H4N2.CH4O/c1-2-4-6-5-3-1;1-2/h1-4H;2H,1H3. The first-order valence-corrected chi connectivity index (χ1v) is 2.16. The lowest BCUT2D eigenvalue weighted by Gasteiger charge is -1.69. The van der Waals surface area contributed by atoms with Crippen LogP contribution in [0.2, 0.25) is 0 Å². The minimum Gasteiger partial charge on any atom is -0.400 e. The predicted molar refractivity (Wildman–Crippen MR) is 30.2 cm³/mol. The summed E-state index contributed by atoms with van der Waals surface area (Å²) in [5.74, 6) is 0. The number of hydrogen-bond donors (Lipinski definition) is 1. The van der Waals surface area contributed by atoms with Gasteiger partial charge in [-0.2, -0.15) is 10.2 Å². The van der Waals surface area contributed by atoms with Gasteiger partial charge in [0.1, 0.15) is 0 Å². The second kappa shape index (κ2) is 6.04. The summed E-state index contributed by atoms with van der Waals surface area (Å²) in [6, 6.07) is 3.65. The van der Waals surface area contributed by atoms with Crippen LogP contribution in [0, 0.1) is 0 Å². The highest BCUT2D eigenvalue weighted by Crippen LogP contribution is 1.68. The first-order valence-electron chi connectivity index (χ1n) is 2.16. The van der Waals surface area contributed by atoms with Crippen LogP contribution in [0.15, 0.2) is 24.5 Å². The normalized spacial score (nSPS) is 6.75. The van der Waals surface area contributed by atoms with E-state index < -0.39 is 0 Å². The average Bonchev–Trinajstić information content (AvgIpc) is 1.96. The van der Waals surface area contributed by atoms with Gasteiger partial charge in [0.15, 0.2) is 0 Å². The molecule has 1 heterocycles. The largest absolute Gasteiger partial charge is 0.400 e. The van der Waals surface area contributed by atoms with Gasteiger partial charge < -0.3 is 5.11 Å². The molecule has 0 aliphatic heterocycles. The molecule has 3 nitrogen and oxygen atoms in total. The molecular weight excluding hydrogens is 104 g/mol. The monoisotopic (exact) mass is 112 g/mol. The van der Waals surface area contributed by atoms with Crippen molar-refractivity contribution in [2.75, 3.05) is 7.11 Å². The van der Waals surface area contributed by atoms with Gasteiger partial charge in [0.25, 0.3) is 0 Å². The molecule has 3 heteroatoms. The Labute approximate surface area is 48.0 Å². The molecule has 0 bridgehead atoms. The number of nitrogens with zero attached hydrogens (tertiary/aromatic N) is 2. The van der Waals surface area contributed by atoms with Crippen molar-refractivity contribution in [3.05, 3.63) is 24.5 Å². The Morgan fingerprint density at radius 1 is 1.00 bits per heavy atom. The Hall–Kier alpha value is -0.960. The van der Waals surface area contributed by atoms with E-state index in [0.29, 0.717) is 0 Å². The summed E-state index contributed by atoms with van der Waals surface area (Å²) < 4.78 is 0. The van der Waals surface area contributed by atoms with Crippen LogP contribution in [0.3, 0.4) is 0 Å². The zero-order valence-corrected chi connectivity index (χ0v) is 4.65. The van der Waals surface area contributed by atoms with E-state index in [9.17, 15) is 0 Å². The number of hydrogen-bond acceptors (Lipinski definition) is 3. The van der Waals surface area contributed by atoms with Crippen molar-refractivity contribution in [1.82, 2.24) is 10.2 Å². The summed E-state index contributed by atoms with van der Waals surface area (Å²) in [6.07, 6.45) is 3.28. The second-order valence-corrected chi connectivity index (χ2v) is 0.914. The summed E-state index contributed by atoms with van der Waals surface area (Å²) in [6.45, 7) is 0. The van der Waals surface area contributed by atoms with Crippen LogP contribution < -0.4 is 0 Å². The number of aliphatic hydroxyl groups is 1. The van der Waals surface area contributed by atoms with Crippen LogP contribution in [0.25, 0.3) is 0 Å². The van der Waals surface area contributed by atoms with Crippen molar-refractivity contribution in [3.63, 3.8) is 0 Å². The van der Waals surface area contributed by atoms with E-state index in [1.165, 1.54) is 0 Å². The maximum Gasteiger partial charge on any atom is 0.0496 e. The molecule has 0 radical (unpaired) electrons. The summed E-state index contributed by atoms with van der Waals surface area (Å²) >= 11 is 0. The van der Waals surface area contributed by atoms with Crippen molar-refractivity contribution >= 4 is 0 Å². The van der Waals surface area contributed by atoms with E-state index in [1.807, 2.05) is 12.1 Å². The zero-order chi connectivity index (χ0) is 6.24. The van der Waals surface area contributed by atoms with Crippen molar-refractivity contribution in [1.29, 1.82) is 0 Å².